The highest BCUT2D eigenvalue weighted by atomic mass is 32.2. The molecule has 0 amide bonds. The van der Waals surface area contributed by atoms with Crippen LogP contribution in [-0.4, -0.2) is 19.6 Å². The fourth-order valence-corrected chi connectivity index (χ4v) is 2.69. The van der Waals surface area contributed by atoms with Crippen molar-refractivity contribution < 1.29 is 17.7 Å². The van der Waals surface area contributed by atoms with Gasteiger partial charge in [-0.1, -0.05) is 31.2 Å². The summed E-state index contributed by atoms with van der Waals surface area (Å²) in [7, 11) is -4.23. The minimum atomic E-state index is -4.23. The van der Waals surface area contributed by atoms with E-state index in [2.05, 4.69) is 0 Å². The summed E-state index contributed by atoms with van der Waals surface area (Å²) in [4.78, 5) is 0. The maximum absolute atomic E-state index is 11.3. The zero-order valence-electron chi connectivity index (χ0n) is 10.4. The molecule has 0 aliphatic heterocycles. The van der Waals surface area contributed by atoms with E-state index in [9.17, 15) is 13.0 Å². The summed E-state index contributed by atoms with van der Waals surface area (Å²) in [6.45, 7) is 2.19. The van der Waals surface area contributed by atoms with Crippen molar-refractivity contribution in [2.45, 2.75) is 37.5 Å². The Balaban J connectivity index is 2.18. The summed E-state index contributed by atoms with van der Waals surface area (Å²) in [5.74, 6) is 0.625. The molecule has 1 aliphatic carbocycles. The second-order valence-electron chi connectivity index (χ2n) is 4.66. The van der Waals surface area contributed by atoms with Gasteiger partial charge in [-0.25, -0.2) is 0 Å². The number of hydrogen-bond donors (Lipinski definition) is 1. The van der Waals surface area contributed by atoms with Crippen LogP contribution in [0.4, 0.5) is 0 Å². The lowest BCUT2D eigenvalue weighted by Gasteiger charge is -2.15. The normalized spacial score (nSPS) is 17.7. The van der Waals surface area contributed by atoms with Crippen molar-refractivity contribution in [3.05, 3.63) is 35.4 Å². The molecule has 1 unspecified atom stereocenters. The van der Waals surface area contributed by atoms with Gasteiger partial charge in [0, 0.05) is 6.61 Å². The Hall–Kier alpha value is -0.910. The van der Waals surface area contributed by atoms with Crippen molar-refractivity contribution in [3.63, 3.8) is 0 Å². The van der Waals surface area contributed by atoms with Crippen LogP contribution in [0.15, 0.2) is 24.3 Å². The summed E-state index contributed by atoms with van der Waals surface area (Å²) in [5, 5.41) is 0. The molecule has 0 aromatic heterocycles. The Morgan fingerprint density at radius 1 is 1.33 bits per heavy atom. The van der Waals surface area contributed by atoms with E-state index in [4.69, 9.17) is 4.74 Å². The van der Waals surface area contributed by atoms with Crippen LogP contribution in [0.3, 0.4) is 0 Å². The van der Waals surface area contributed by atoms with Crippen molar-refractivity contribution in [1.82, 2.24) is 0 Å². The van der Waals surface area contributed by atoms with Crippen LogP contribution in [0.25, 0.3) is 0 Å². The van der Waals surface area contributed by atoms with Gasteiger partial charge in [-0.05, 0) is 36.3 Å². The fourth-order valence-electron chi connectivity index (χ4n) is 1.92. The van der Waals surface area contributed by atoms with Crippen LogP contribution in [0, 0.1) is 0 Å². The molecule has 0 heterocycles. The molecule has 0 spiro atoms. The maximum atomic E-state index is 11.3. The molecular weight excluding hydrogens is 252 g/mol. The van der Waals surface area contributed by atoms with E-state index in [0.717, 1.165) is 0 Å². The predicted octanol–water partition coefficient (Wildman–Crippen LogP) is 2.88. The van der Waals surface area contributed by atoms with Crippen LogP contribution < -0.4 is 0 Å². The summed E-state index contributed by atoms with van der Waals surface area (Å²) >= 11 is 0. The summed E-state index contributed by atoms with van der Waals surface area (Å²) < 4.78 is 37.0. The van der Waals surface area contributed by atoms with Gasteiger partial charge in [0.2, 0.25) is 5.44 Å². The van der Waals surface area contributed by atoms with Crippen LogP contribution in [0.5, 0.6) is 0 Å². The molecule has 1 aromatic rings. The molecule has 4 nitrogen and oxygen atoms in total. The minimum Gasteiger partial charge on any atom is -0.355 e. The smallest absolute Gasteiger partial charge is 0.296 e. The molecule has 0 radical (unpaired) electrons. The number of hydrogen-bond acceptors (Lipinski definition) is 3. The summed E-state index contributed by atoms with van der Waals surface area (Å²) in [5.41, 5.74) is 0.435. The highest BCUT2D eigenvalue weighted by Gasteiger charge is 2.27. The molecule has 1 saturated carbocycles. The van der Waals surface area contributed by atoms with Crippen LogP contribution in [0.2, 0.25) is 0 Å². The van der Waals surface area contributed by atoms with Gasteiger partial charge < -0.3 is 4.74 Å². The molecule has 0 bridgehead atoms. The SMILES string of the molecule is CCCOC(c1ccc(C2CC2)cc1)S(=O)(=O)O. The van der Waals surface area contributed by atoms with Crippen molar-refractivity contribution >= 4 is 10.1 Å². The monoisotopic (exact) mass is 270 g/mol. The first-order chi connectivity index (χ1) is 8.52. The topological polar surface area (TPSA) is 63.6 Å². The highest BCUT2D eigenvalue weighted by Crippen LogP contribution is 2.40. The molecule has 1 aliphatic rings. The fraction of sp³-hybridized carbons (Fsp3) is 0.538. The van der Waals surface area contributed by atoms with Crippen molar-refractivity contribution in [2.24, 2.45) is 0 Å². The molecule has 1 atom stereocenters. The zero-order chi connectivity index (χ0) is 13.2. The quantitative estimate of drug-likeness (QED) is 0.807. The van der Waals surface area contributed by atoms with Gasteiger partial charge in [0.25, 0.3) is 10.1 Å². The van der Waals surface area contributed by atoms with Crippen molar-refractivity contribution in [2.75, 3.05) is 6.61 Å². The van der Waals surface area contributed by atoms with E-state index in [1.54, 1.807) is 12.1 Å². The van der Waals surface area contributed by atoms with E-state index in [1.165, 1.54) is 18.4 Å². The van der Waals surface area contributed by atoms with Gasteiger partial charge in [-0.15, -0.1) is 0 Å². The molecule has 1 fully saturated rings. The third-order valence-corrected chi connectivity index (χ3v) is 3.95. The molecule has 0 saturated heterocycles. The van der Waals surface area contributed by atoms with E-state index in [-0.39, 0.29) is 0 Å². The minimum absolute atomic E-state index is 0.300. The van der Waals surface area contributed by atoms with E-state index in [1.807, 2.05) is 19.1 Å². The van der Waals surface area contributed by atoms with Gasteiger partial charge in [-0.3, -0.25) is 4.55 Å². The molecular formula is C13H18O4S. The number of rotatable bonds is 6. The van der Waals surface area contributed by atoms with Gasteiger partial charge in [-0.2, -0.15) is 8.42 Å². The van der Waals surface area contributed by atoms with Crippen molar-refractivity contribution in [3.8, 4) is 0 Å². The Morgan fingerprint density at radius 3 is 2.39 bits per heavy atom. The lowest BCUT2D eigenvalue weighted by Crippen LogP contribution is -2.16. The van der Waals surface area contributed by atoms with E-state index < -0.39 is 15.6 Å². The standard InChI is InChI=1S/C13H18O4S/c1-2-9-17-13(18(14,15)16)12-7-5-11(6-8-12)10-3-4-10/h5-8,10,13H,2-4,9H2,1H3,(H,14,15,16). The van der Waals surface area contributed by atoms with Crippen molar-refractivity contribution in [1.29, 1.82) is 0 Å². The Morgan fingerprint density at radius 2 is 1.94 bits per heavy atom. The first-order valence-corrected chi connectivity index (χ1v) is 7.70. The number of benzene rings is 1. The zero-order valence-corrected chi connectivity index (χ0v) is 11.2. The first-order valence-electron chi connectivity index (χ1n) is 6.20. The van der Waals surface area contributed by atoms with Crippen LogP contribution in [0.1, 0.15) is 48.7 Å². The molecule has 18 heavy (non-hydrogen) atoms. The third kappa shape index (κ3) is 3.31. The first kappa shape index (κ1) is 13.5. The second kappa shape index (κ2) is 5.38. The third-order valence-electron chi connectivity index (χ3n) is 3.00. The van der Waals surface area contributed by atoms with Crippen LogP contribution in [-0.2, 0) is 14.9 Å². The molecule has 2 rings (SSSR count). The van der Waals surface area contributed by atoms with E-state index in [0.29, 0.717) is 24.5 Å². The van der Waals surface area contributed by atoms with Gasteiger partial charge in [0.05, 0.1) is 0 Å². The lowest BCUT2D eigenvalue weighted by atomic mass is 10.1. The molecule has 5 heteroatoms. The van der Waals surface area contributed by atoms with Gasteiger partial charge in [0.1, 0.15) is 0 Å². The van der Waals surface area contributed by atoms with E-state index >= 15 is 0 Å². The lowest BCUT2D eigenvalue weighted by molar-refractivity contribution is 0.0997. The highest BCUT2D eigenvalue weighted by molar-refractivity contribution is 7.85. The average molecular weight is 270 g/mol. The molecule has 1 N–H and O–H groups in total. The molecule has 1 aromatic carbocycles. The van der Waals surface area contributed by atoms with Crippen LogP contribution >= 0.6 is 0 Å². The second-order valence-corrected chi connectivity index (χ2v) is 6.12. The Kier molecular flexibility index (Phi) is 4.04. The number of ether oxygens (including phenoxy) is 1. The Labute approximate surface area is 108 Å². The Bertz CT molecular complexity index is 488. The molecule has 100 valence electrons. The van der Waals surface area contributed by atoms with Gasteiger partial charge >= 0.3 is 0 Å². The summed E-state index contributed by atoms with van der Waals surface area (Å²) in [6.07, 6.45) is 3.10. The summed E-state index contributed by atoms with van der Waals surface area (Å²) in [6, 6.07) is 7.28. The van der Waals surface area contributed by atoms with Gasteiger partial charge in [0.15, 0.2) is 0 Å². The largest absolute Gasteiger partial charge is 0.355 e. The average Bonchev–Trinajstić information content (AvgIpc) is 3.12. The maximum Gasteiger partial charge on any atom is 0.296 e. The predicted molar refractivity (Wildman–Crippen MR) is 68.9 cm³/mol.